The minimum Gasteiger partial charge on any atom is -0.491 e. The van der Waals surface area contributed by atoms with Gasteiger partial charge in [0.1, 0.15) is 11.5 Å². The summed E-state index contributed by atoms with van der Waals surface area (Å²) in [6, 6.07) is 6.62. The van der Waals surface area contributed by atoms with Gasteiger partial charge in [0.25, 0.3) is 5.91 Å². The molecule has 0 saturated heterocycles. The van der Waals surface area contributed by atoms with E-state index < -0.39 is 0 Å². The first-order chi connectivity index (χ1) is 17.8. The van der Waals surface area contributed by atoms with Gasteiger partial charge < -0.3 is 19.5 Å². The number of amides is 2. The van der Waals surface area contributed by atoms with Gasteiger partial charge in [-0.1, -0.05) is 0 Å². The number of aryl methyl sites for hydroxylation is 1. The van der Waals surface area contributed by atoms with Crippen LogP contribution < -0.4 is 19.7 Å². The van der Waals surface area contributed by atoms with Gasteiger partial charge in [0.2, 0.25) is 11.8 Å². The second kappa shape index (κ2) is 11.8. The molecule has 1 N–H and O–H groups in total. The molecule has 0 radical (unpaired) electrons. The molecule has 0 unspecified atom stereocenters. The quantitative estimate of drug-likeness (QED) is 0.392. The van der Waals surface area contributed by atoms with Crippen LogP contribution >= 0.6 is 0 Å². The molecule has 11 nitrogen and oxygen atoms in total. The number of nitrogens with zero attached hydrogens (tertiary/aromatic N) is 5. The Balaban J connectivity index is 1.51. The molecule has 37 heavy (non-hydrogen) atoms. The maximum Gasteiger partial charge on any atom is 0.257 e. The Labute approximate surface area is 215 Å². The molecule has 3 aromatic rings. The molecule has 0 atom stereocenters. The van der Waals surface area contributed by atoms with E-state index in [1.165, 1.54) is 12.4 Å². The first-order valence-corrected chi connectivity index (χ1v) is 12.2. The second-order valence-corrected chi connectivity index (χ2v) is 9.19. The third kappa shape index (κ3) is 7.50. The third-order valence-electron chi connectivity index (χ3n) is 5.54. The monoisotopic (exact) mass is 508 g/mol. The lowest BCUT2D eigenvalue weighted by Crippen LogP contribution is -2.34. The molecule has 0 spiro atoms. The lowest BCUT2D eigenvalue weighted by Gasteiger charge is -2.21. The van der Waals surface area contributed by atoms with Gasteiger partial charge in [-0.3, -0.25) is 19.2 Å². The van der Waals surface area contributed by atoms with Crippen LogP contribution in [0.2, 0.25) is 0 Å². The van der Waals surface area contributed by atoms with Crippen molar-refractivity contribution in [2.45, 2.75) is 39.2 Å². The number of nitrogens with one attached hydrogen (secondary N) is 1. The minimum atomic E-state index is -0.357. The third-order valence-corrected chi connectivity index (χ3v) is 5.54. The van der Waals surface area contributed by atoms with Crippen molar-refractivity contribution in [3.63, 3.8) is 0 Å². The molecule has 11 heteroatoms. The number of rotatable bonds is 12. The van der Waals surface area contributed by atoms with Gasteiger partial charge in [0, 0.05) is 44.6 Å². The molecule has 2 heterocycles. The van der Waals surface area contributed by atoms with Gasteiger partial charge in [0.15, 0.2) is 11.6 Å². The summed E-state index contributed by atoms with van der Waals surface area (Å²) in [4.78, 5) is 36.0. The van der Waals surface area contributed by atoms with E-state index in [9.17, 15) is 9.59 Å². The summed E-state index contributed by atoms with van der Waals surface area (Å²) in [5.74, 6) is 2.03. The predicted octanol–water partition coefficient (Wildman–Crippen LogP) is 3.82. The van der Waals surface area contributed by atoms with Crippen molar-refractivity contribution in [3.8, 4) is 17.4 Å². The lowest BCUT2D eigenvalue weighted by molar-refractivity contribution is -0.119. The normalized spacial score (nSPS) is 12.9. The van der Waals surface area contributed by atoms with E-state index in [1.807, 2.05) is 13.8 Å². The Bertz CT molecular complexity index is 1220. The van der Waals surface area contributed by atoms with E-state index in [4.69, 9.17) is 14.2 Å². The van der Waals surface area contributed by atoms with E-state index >= 15 is 0 Å². The molecule has 1 aromatic carbocycles. The summed E-state index contributed by atoms with van der Waals surface area (Å²) in [5, 5.41) is 6.94. The number of carbonyl (C=O) groups is 2. The highest BCUT2D eigenvalue weighted by Gasteiger charge is 2.28. The first-order valence-electron chi connectivity index (χ1n) is 12.2. The number of ether oxygens (including phenoxy) is 3. The van der Waals surface area contributed by atoms with E-state index in [2.05, 4.69) is 20.4 Å². The van der Waals surface area contributed by atoms with Crippen LogP contribution in [0.5, 0.6) is 17.4 Å². The van der Waals surface area contributed by atoms with Gasteiger partial charge in [-0.05, 0) is 44.7 Å². The van der Waals surface area contributed by atoms with Gasteiger partial charge >= 0.3 is 0 Å². The van der Waals surface area contributed by atoms with Gasteiger partial charge in [-0.25, -0.2) is 9.97 Å². The van der Waals surface area contributed by atoms with E-state index in [1.54, 1.807) is 54.2 Å². The van der Waals surface area contributed by atoms with Crippen molar-refractivity contribution in [3.05, 3.63) is 48.4 Å². The topological polar surface area (TPSA) is 121 Å². The summed E-state index contributed by atoms with van der Waals surface area (Å²) < 4.78 is 18.4. The van der Waals surface area contributed by atoms with Gasteiger partial charge in [-0.2, -0.15) is 5.10 Å². The highest BCUT2D eigenvalue weighted by Crippen LogP contribution is 2.32. The standard InChI is InChI=1S/C26H32N6O5/c1-17(2)36-20-11-19(26(34)29-22-7-9-31(3)30-22)12-21(13-20)37-24-15-27-23(14-28-24)32(16-18-5-6-18)25(33)8-10-35-4/h7,9,11-15,17-18H,5-6,8,10,16H2,1-4H3,(H,29,30,34). The maximum absolute atomic E-state index is 12.9. The molecular formula is C26H32N6O5. The van der Waals surface area contributed by atoms with Crippen LogP contribution in [0.25, 0.3) is 0 Å². The number of anilines is 2. The molecular weight excluding hydrogens is 476 g/mol. The number of benzene rings is 1. The van der Waals surface area contributed by atoms with E-state index in [0.29, 0.717) is 47.8 Å². The average molecular weight is 509 g/mol. The summed E-state index contributed by atoms with van der Waals surface area (Å²) in [6.45, 7) is 4.75. The molecule has 4 rings (SSSR count). The number of aromatic nitrogens is 4. The van der Waals surface area contributed by atoms with Crippen molar-refractivity contribution in [2.75, 3.05) is 30.5 Å². The smallest absolute Gasteiger partial charge is 0.257 e. The Morgan fingerprint density at radius 1 is 1.16 bits per heavy atom. The first kappa shape index (κ1) is 26.1. The van der Waals surface area contributed by atoms with Crippen molar-refractivity contribution in [1.29, 1.82) is 0 Å². The fourth-order valence-electron chi connectivity index (χ4n) is 3.60. The fraction of sp³-hybridized carbons (Fsp3) is 0.423. The molecule has 196 valence electrons. The number of hydrogen-bond donors (Lipinski definition) is 1. The number of carbonyl (C=O) groups excluding carboxylic acids is 2. The van der Waals surface area contributed by atoms with Crippen molar-refractivity contribution in [1.82, 2.24) is 19.7 Å². The molecule has 1 fully saturated rings. The molecule has 2 amide bonds. The Morgan fingerprint density at radius 2 is 1.95 bits per heavy atom. The molecule has 2 aromatic heterocycles. The van der Waals surface area contributed by atoms with Crippen LogP contribution in [0, 0.1) is 5.92 Å². The molecule has 1 aliphatic rings. The summed E-state index contributed by atoms with van der Waals surface area (Å²) in [7, 11) is 3.34. The minimum absolute atomic E-state index is 0.0567. The highest BCUT2D eigenvalue weighted by molar-refractivity contribution is 6.04. The lowest BCUT2D eigenvalue weighted by atomic mass is 10.2. The molecule has 1 aliphatic carbocycles. The molecule has 1 saturated carbocycles. The number of methoxy groups -OCH3 is 1. The van der Waals surface area contributed by atoms with Crippen LogP contribution in [-0.2, 0) is 16.6 Å². The van der Waals surface area contributed by atoms with Crippen LogP contribution in [0.3, 0.4) is 0 Å². The Hall–Kier alpha value is -3.99. The van der Waals surface area contributed by atoms with Crippen LogP contribution in [0.15, 0.2) is 42.9 Å². The number of hydrogen-bond acceptors (Lipinski definition) is 8. The summed E-state index contributed by atoms with van der Waals surface area (Å²) >= 11 is 0. The van der Waals surface area contributed by atoms with Crippen molar-refractivity contribution in [2.24, 2.45) is 13.0 Å². The zero-order valence-electron chi connectivity index (χ0n) is 21.5. The predicted molar refractivity (Wildman–Crippen MR) is 137 cm³/mol. The molecule has 0 bridgehead atoms. The van der Waals surface area contributed by atoms with Crippen molar-refractivity contribution >= 4 is 23.5 Å². The van der Waals surface area contributed by atoms with E-state index in [0.717, 1.165) is 12.8 Å². The fourth-order valence-corrected chi connectivity index (χ4v) is 3.60. The zero-order valence-corrected chi connectivity index (χ0v) is 21.5. The van der Waals surface area contributed by atoms with Crippen LogP contribution in [-0.4, -0.2) is 57.9 Å². The largest absolute Gasteiger partial charge is 0.491 e. The average Bonchev–Trinajstić information content (AvgIpc) is 3.60. The van der Waals surface area contributed by atoms with Gasteiger partial charge in [0.05, 0.1) is 31.5 Å². The highest BCUT2D eigenvalue weighted by atomic mass is 16.5. The maximum atomic E-state index is 12.9. The Morgan fingerprint density at radius 3 is 2.57 bits per heavy atom. The van der Waals surface area contributed by atoms with Crippen LogP contribution in [0.4, 0.5) is 11.6 Å². The van der Waals surface area contributed by atoms with E-state index in [-0.39, 0.29) is 30.2 Å². The second-order valence-electron chi connectivity index (χ2n) is 9.19. The van der Waals surface area contributed by atoms with Gasteiger partial charge in [-0.15, -0.1) is 0 Å². The summed E-state index contributed by atoms with van der Waals surface area (Å²) in [5.41, 5.74) is 0.336. The SMILES string of the molecule is COCCC(=O)N(CC1CC1)c1cnc(Oc2cc(OC(C)C)cc(C(=O)Nc3ccn(C)n3)c2)cn1. The van der Waals surface area contributed by atoms with Crippen LogP contribution in [0.1, 0.15) is 43.5 Å². The summed E-state index contributed by atoms with van der Waals surface area (Å²) in [6.07, 6.45) is 7.10. The molecule has 0 aliphatic heterocycles. The Kier molecular flexibility index (Phi) is 8.34. The zero-order chi connectivity index (χ0) is 26.4. The van der Waals surface area contributed by atoms with Crippen molar-refractivity contribution < 1.29 is 23.8 Å².